The lowest BCUT2D eigenvalue weighted by atomic mass is 10.2. The van der Waals surface area contributed by atoms with E-state index in [1.165, 1.54) is 6.26 Å². The Kier molecular flexibility index (Phi) is 3.88. The molecule has 2 N–H and O–H groups in total. The first-order valence-corrected chi connectivity index (χ1v) is 8.06. The number of nitrogens with one attached hydrogen (secondary N) is 2. The average molecular weight is 339 g/mol. The molecule has 2 amide bonds. The zero-order chi connectivity index (χ0) is 17.2. The summed E-state index contributed by atoms with van der Waals surface area (Å²) in [6.45, 7) is 1.85. The molecule has 128 valence electrons. The molecule has 2 heterocycles. The highest BCUT2D eigenvalue weighted by molar-refractivity contribution is 5.90. The lowest BCUT2D eigenvalue weighted by molar-refractivity contribution is 0.248. The Morgan fingerprint density at radius 3 is 3.04 bits per heavy atom. The van der Waals surface area contributed by atoms with Crippen molar-refractivity contribution in [3.63, 3.8) is 0 Å². The quantitative estimate of drug-likeness (QED) is 0.739. The van der Waals surface area contributed by atoms with E-state index < -0.39 is 0 Å². The molecule has 3 aromatic rings. The smallest absolute Gasteiger partial charge is 0.319 e. The molecule has 0 aliphatic heterocycles. The fraction of sp³-hybridized carbons (Fsp3) is 0.312. The third-order valence-electron chi connectivity index (χ3n) is 3.95. The highest BCUT2D eigenvalue weighted by Gasteiger charge is 2.29. The van der Waals surface area contributed by atoms with E-state index in [-0.39, 0.29) is 12.1 Å². The van der Waals surface area contributed by atoms with E-state index in [9.17, 15) is 4.79 Å². The summed E-state index contributed by atoms with van der Waals surface area (Å²) in [5.74, 6) is 1.16. The third-order valence-corrected chi connectivity index (χ3v) is 3.95. The third kappa shape index (κ3) is 3.35. The fourth-order valence-corrected chi connectivity index (χ4v) is 2.59. The van der Waals surface area contributed by atoms with Crippen LogP contribution in [0.5, 0.6) is 0 Å². The van der Waals surface area contributed by atoms with Crippen LogP contribution in [0.2, 0.25) is 0 Å². The number of hydrogen-bond acceptors (Lipinski definition) is 6. The lowest BCUT2D eigenvalue weighted by Crippen LogP contribution is -2.32. The Bertz CT molecular complexity index is 870. The highest BCUT2D eigenvalue weighted by Crippen LogP contribution is 2.35. The Hall–Kier alpha value is -3.23. The summed E-state index contributed by atoms with van der Waals surface area (Å²) < 4.78 is 7.06. The van der Waals surface area contributed by atoms with E-state index in [1.807, 2.05) is 19.1 Å². The molecular formula is C16H17N7O2. The summed E-state index contributed by atoms with van der Waals surface area (Å²) in [6.07, 6.45) is 5.23. The van der Waals surface area contributed by atoms with Crippen LogP contribution in [-0.2, 0) is 0 Å². The molecule has 0 saturated heterocycles. The molecule has 9 nitrogen and oxygen atoms in total. The molecule has 1 atom stereocenters. The Morgan fingerprint density at radius 2 is 2.28 bits per heavy atom. The number of tetrazole rings is 1. The largest absolute Gasteiger partial charge is 0.445 e. The molecule has 2 aromatic heterocycles. The van der Waals surface area contributed by atoms with Crippen molar-refractivity contribution in [1.82, 2.24) is 30.5 Å². The van der Waals surface area contributed by atoms with Crippen molar-refractivity contribution in [3.8, 4) is 11.5 Å². The van der Waals surface area contributed by atoms with Gasteiger partial charge in [0.1, 0.15) is 6.26 Å². The van der Waals surface area contributed by atoms with Crippen LogP contribution in [0.1, 0.15) is 37.7 Å². The van der Waals surface area contributed by atoms with Gasteiger partial charge in [0, 0.05) is 11.3 Å². The van der Waals surface area contributed by atoms with Gasteiger partial charge in [-0.15, -0.1) is 5.10 Å². The highest BCUT2D eigenvalue weighted by atomic mass is 16.3. The van der Waals surface area contributed by atoms with E-state index in [0.29, 0.717) is 23.4 Å². The molecule has 4 rings (SSSR count). The second-order valence-electron chi connectivity index (χ2n) is 5.95. The van der Waals surface area contributed by atoms with Crippen molar-refractivity contribution in [3.05, 3.63) is 42.5 Å². The number of rotatable bonds is 5. The molecule has 25 heavy (non-hydrogen) atoms. The molecule has 1 fully saturated rings. The molecule has 0 bridgehead atoms. The van der Waals surface area contributed by atoms with Gasteiger partial charge in [0.15, 0.2) is 5.82 Å². The summed E-state index contributed by atoms with van der Waals surface area (Å²) in [4.78, 5) is 16.4. The average Bonchev–Trinajstić information content (AvgIpc) is 3.12. The predicted molar refractivity (Wildman–Crippen MR) is 88.6 cm³/mol. The van der Waals surface area contributed by atoms with Gasteiger partial charge in [-0.05, 0) is 48.4 Å². The van der Waals surface area contributed by atoms with Crippen molar-refractivity contribution in [2.75, 3.05) is 5.32 Å². The summed E-state index contributed by atoms with van der Waals surface area (Å²) >= 11 is 0. The van der Waals surface area contributed by atoms with Crippen molar-refractivity contribution >= 4 is 11.7 Å². The first-order valence-electron chi connectivity index (χ1n) is 8.06. The van der Waals surface area contributed by atoms with Gasteiger partial charge in [-0.25, -0.2) is 14.5 Å². The first kappa shape index (κ1) is 15.3. The second-order valence-corrected chi connectivity index (χ2v) is 5.95. The van der Waals surface area contributed by atoms with Crippen LogP contribution in [0.15, 0.2) is 41.1 Å². The Labute approximate surface area is 143 Å². The summed E-state index contributed by atoms with van der Waals surface area (Å²) in [5.41, 5.74) is 1.43. The van der Waals surface area contributed by atoms with Gasteiger partial charge >= 0.3 is 6.03 Å². The van der Waals surface area contributed by atoms with Crippen LogP contribution in [0, 0.1) is 0 Å². The van der Waals surface area contributed by atoms with E-state index in [0.717, 1.165) is 18.4 Å². The Morgan fingerprint density at radius 1 is 1.40 bits per heavy atom. The minimum absolute atomic E-state index is 0.300. The molecule has 1 saturated carbocycles. The Balaban J connectivity index is 1.42. The fourth-order valence-electron chi connectivity index (χ4n) is 2.59. The minimum atomic E-state index is -0.331. The molecule has 0 spiro atoms. The monoisotopic (exact) mass is 339 g/mol. The van der Waals surface area contributed by atoms with Gasteiger partial charge < -0.3 is 15.1 Å². The molecule has 0 unspecified atom stereocenters. The van der Waals surface area contributed by atoms with Gasteiger partial charge in [0.25, 0.3) is 0 Å². The molecule has 9 heteroatoms. The maximum absolute atomic E-state index is 12.3. The van der Waals surface area contributed by atoms with Crippen LogP contribution in [-0.4, -0.2) is 31.2 Å². The summed E-state index contributed by atoms with van der Waals surface area (Å²) in [6, 6.07) is 7.01. The lowest BCUT2D eigenvalue weighted by Gasteiger charge is -2.14. The molecule has 1 aliphatic rings. The number of nitrogens with zero attached hydrogens (tertiary/aromatic N) is 5. The topological polar surface area (TPSA) is 111 Å². The van der Waals surface area contributed by atoms with Gasteiger partial charge in [-0.1, -0.05) is 6.07 Å². The number of anilines is 1. The number of hydrogen-bond donors (Lipinski definition) is 2. The van der Waals surface area contributed by atoms with Gasteiger partial charge in [-0.3, -0.25) is 0 Å². The summed E-state index contributed by atoms with van der Waals surface area (Å²) in [5, 5.41) is 17.4. The number of urea groups is 1. The number of carbonyl (C=O) groups excluding carboxylic acids is 1. The van der Waals surface area contributed by atoms with Crippen LogP contribution in [0.3, 0.4) is 0 Å². The van der Waals surface area contributed by atoms with Crippen molar-refractivity contribution in [1.29, 1.82) is 0 Å². The number of aromatic nitrogens is 5. The van der Waals surface area contributed by atoms with Crippen LogP contribution in [0.25, 0.3) is 11.5 Å². The second kappa shape index (κ2) is 6.34. The van der Waals surface area contributed by atoms with Gasteiger partial charge in [0.2, 0.25) is 5.89 Å². The minimum Gasteiger partial charge on any atom is -0.445 e. The SMILES string of the molecule is C[C@H](NC(=O)Nc1cccc(-c2ncco2)c1)c1nnnn1C1CC1. The number of carbonyl (C=O) groups is 1. The summed E-state index contributed by atoms with van der Waals surface area (Å²) in [7, 11) is 0. The van der Waals surface area contributed by atoms with E-state index >= 15 is 0 Å². The van der Waals surface area contributed by atoms with E-state index in [4.69, 9.17) is 4.42 Å². The number of benzene rings is 1. The van der Waals surface area contributed by atoms with Crippen LogP contribution >= 0.6 is 0 Å². The standard InChI is InChI=1S/C16H17N7O2/c1-10(14-20-21-22-23(14)13-5-6-13)18-16(24)19-12-4-2-3-11(9-12)15-17-7-8-25-15/h2-4,7-10,13H,5-6H2,1H3,(H2,18,19,24)/t10-/m0/s1. The molecule has 0 radical (unpaired) electrons. The maximum Gasteiger partial charge on any atom is 0.319 e. The first-order chi connectivity index (χ1) is 12.2. The number of oxazole rings is 1. The van der Waals surface area contributed by atoms with E-state index in [2.05, 4.69) is 31.1 Å². The molecular weight excluding hydrogens is 322 g/mol. The number of amides is 2. The van der Waals surface area contributed by atoms with Gasteiger partial charge in [0.05, 0.1) is 18.3 Å². The van der Waals surface area contributed by atoms with Crippen LogP contribution < -0.4 is 10.6 Å². The maximum atomic E-state index is 12.3. The predicted octanol–water partition coefficient (Wildman–Crippen LogP) is 2.55. The van der Waals surface area contributed by atoms with Crippen molar-refractivity contribution in [2.24, 2.45) is 0 Å². The van der Waals surface area contributed by atoms with Gasteiger partial charge in [-0.2, -0.15) is 0 Å². The van der Waals surface area contributed by atoms with Crippen molar-refractivity contribution in [2.45, 2.75) is 31.8 Å². The zero-order valence-corrected chi connectivity index (χ0v) is 13.6. The molecule has 1 aliphatic carbocycles. The van der Waals surface area contributed by atoms with Crippen LogP contribution in [0.4, 0.5) is 10.5 Å². The normalized spacial score (nSPS) is 14.9. The van der Waals surface area contributed by atoms with Crippen molar-refractivity contribution < 1.29 is 9.21 Å². The molecule has 1 aromatic carbocycles. The zero-order valence-electron chi connectivity index (χ0n) is 13.6. The van der Waals surface area contributed by atoms with E-state index in [1.54, 1.807) is 23.0 Å².